The first-order chi connectivity index (χ1) is 12.7. The molecule has 2 aromatic heterocycles. The van der Waals surface area contributed by atoms with Crippen LogP contribution in [0.15, 0.2) is 23.5 Å². The fourth-order valence-electron chi connectivity index (χ4n) is 3.13. The summed E-state index contributed by atoms with van der Waals surface area (Å²) in [5.74, 6) is 1.99. The Morgan fingerprint density at radius 2 is 2.07 bits per heavy atom. The van der Waals surface area contributed by atoms with Crippen LogP contribution in [0.3, 0.4) is 0 Å². The first-order valence-corrected chi connectivity index (χ1v) is 10.2. The molecule has 3 rings (SSSR count). The number of halogens is 2. The molecule has 27 heavy (non-hydrogen) atoms. The van der Waals surface area contributed by atoms with Gasteiger partial charge in [0.15, 0.2) is 5.96 Å². The van der Waals surface area contributed by atoms with Crippen LogP contribution in [-0.4, -0.2) is 70.3 Å². The van der Waals surface area contributed by atoms with Gasteiger partial charge in [-0.1, -0.05) is 18.5 Å². The van der Waals surface area contributed by atoms with E-state index in [1.54, 1.807) is 17.7 Å². The van der Waals surface area contributed by atoms with E-state index >= 15 is 0 Å². The Balaban J connectivity index is 0.00000261. The number of hydrogen-bond acceptors (Lipinski definition) is 5. The van der Waals surface area contributed by atoms with Gasteiger partial charge >= 0.3 is 0 Å². The predicted molar refractivity (Wildman–Crippen MR) is 122 cm³/mol. The average molecular weight is 524 g/mol. The van der Waals surface area contributed by atoms with Crippen molar-refractivity contribution in [3.05, 3.63) is 33.5 Å². The Morgan fingerprint density at radius 3 is 2.70 bits per heavy atom. The van der Waals surface area contributed by atoms with Gasteiger partial charge in [-0.2, -0.15) is 0 Å². The molecular formula is C17H27ClIN7S. The Labute approximate surface area is 186 Å². The van der Waals surface area contributed by atoms with Crippen molar-refractivity contribution in [2.45, 2.75) is 26.4 Å². The van der Waals surface area contributed by atoms with Crippen molar-refractivity contribution in [3.8, 4) is 0 Å². The molecule has 1 aliphatic heterocycles. The molecule has 0 saturated carbocycles. The summed E-state index contributed by atoms with van der Waals surface area (Å²) in [6, 6.07) is 4.10. The van der Waals surface area contributed by atoms with Crippen LogP contribution < -0.4 is 5.32 Å². The summed E-state index contributed by atoms with van der Waals surface area (Å²) < 4.78 is 2.95. The molecule has 0 bridgehead atoms. The summed E-state index contributed by atoms with van der Waals surface area (Å²) in [6.07, 6.45) is 2.69. The summed E-state index contributed by atoms with van der Waals surface area (Å²) in [5, 5.41) is 11.6. The lowest BCUT2D eigenvalue weighted by Gasteiger charge is -2.36. The molecule has 0 aromatic carbocycles. The van der Waals surface area contributed by atoms with Crippen molar-refractivity contribution in [1.82, 2.24) is 29.9 Å². The smallest absolute Gasteiger partial charge is 0.193 e. The number of guanidine groups is 1. The molecule has 0 spiro atoms. The van der Waals surface area contributed by atoms with Gasteiger partial charge in [-0.05, 0) is 12.1 Å². The first-order valence-electron chi connectivity index (χ1n) is 8.98. The number of piperazine rings is 1. The van der Waals surface area contributed by atoms with Crippen molar-refractivity contribution in [2.75, 3.05) is 39.8 Å². The number of nitrogens with zero attached hydrogens (tertiary/aromatic N) is 6. The number of hydrogen-bond donors (Lipinski definition) is 1. The third-order valence-electron chi connectivity index (χ3n) is 4.54. The third-order valence-corrected chi connectivity index (χ3v) is 5.76. The van der Waals surface area contributed by atoms with Crippen molar-refractivity contribution >= 4 is 52.9 Å². The molecule has 1 N–H and O–H groups in total. The van der Waals surface area contributed by atoms with E-state index in [1.807, 2.05) is 13.1 Å². The topological polar surface area (TPSA) is 61.6 Å². The summed E-state index contributed by atoms with van der Waals surface area (Å²) in [7, 11) is 1.85. The van der Waals surface area contributed by atoms with Gasteiger partial charge < -0.3 is 14.8 Å². The molecule has 150 valence electrons. The molecule has 7 nitrogen and oxygen atoms in total. The summed E-state index contributed by atoms with van der Waals surface area (Å²) in [4.78, 5) is 10.6. The minimum atomic E-state index is 0. The third kappa shape index (κ3) is 6.30. The minimum Gasteiger partial charge on any atom is -0.354 e. The van der Waals surface area contributed by atoms with E-state index < -0.39 is 0 Å². The van der Waals surface area contributed by atoms with E-state index in [1.165, 1.54) is 4.88 Å². The predicted octanol–water partition coefficient (Wildman–Crippen LogP) is 2.57. The molecule has 0 aliphatic carbocycles. The molecule has 10 heteroatoms. The van der Waals surface area contributed by atoms with Gasteiger partial charge in [0.1, 0.15) is 12.2 Å². The number of rotatable bonds is 6. The lowest BCUT2D eigenvalue weighted by atomic mass is 10.3. The number of aromatic nitrogens is 3. The lowest BCUT2D eigenvalue weighted by Crippen LogP contribution is -2.52. The van der Waals surface area contributed by atoms with Crippen molar-refractivity contribution in [2.24, 2.45) is 4.99 Å². The largest absolute Gasteiger partial charge is 0.354 e. The fraction of sp³-hybridized carbons (Fsp3) is 0.588. The van der Waals surface area contributed by atoms with Crippen molar-refractivity contribution in [3.63, 3.8) is 0 Å². The second-order valence-corrected chi connectivity index (χ2v) is 8.04. The van der Waals surface area contributed by atoms with Crippen LogP contribution in [0.1, 0.15) is 17.6 Å². The molecule has 1 saturated heterocycles. The Hall–Kier alpha value is -0.910. The van der Waals surface area contributed by atoms with Crippen molar-refractivity contribution < 1.29 is 0 Å². The van der Waals surface area contributed by atoms with Crippen molar-refractivity contribution in [1.29, 1.82) is 0 Å². The van der Waals surface area contributed by atoms with Crippen LogP contribution in [0.25, 0.3) is 0 Å². The molecule has 0 unspecified atom stereocenters. The van der Waals surface area contributed by atoms with Gasteiger partial charge in [-0.25, -0.2) is 0 Å². The second kappa shape index (κ2) is 11.2. The molecule has 0 amide bonds. The van der Waals surface area contributed by atoms with E-state index in [-0.39, 0.29) is 24.0 Å². The van der Waals surface area contributed by atoms with Gasteiger partial charge in [0.05, 0.1) is 4.34 Å². The van der Waals surface area contributed by atoms with Crippen LogP contribution in [-0.2, 0) is 19.5 Å². The molecular weight excluding hydrogens is 497 g/mol. The van der Waals surface area contributed by atoms with E-state index in [9.17, 15) is 0 Å². The Bertz CT molecular complexity index is 724. The Morgan fingerprint density at radius 1 is 1.30 bits per heavy atom. The maximum Gasteiger partial charge on any atom is 0.193 e. The van der Waals surface area contributed by atoms with Gasteiger partial charge in [-0.15, -0.1) is 45.5 Å². The Kier molecular flexibility index (Phi) is 9.27. The molecule has 0 atom stereocenters. The first kappa shape index (κ1) is 22.4. The van der Waals surface area contributed by atoms with Crippen LogP contribution in [0.2, 0.25) is 4.34 Å². The highest BCUT2D eigenvalue weighted by molar-refractivity contribution is 14.0. The highest BCUT2D eigenvalue weighted by Crippen LogP contribution is 2.23. The summed E-state index contributed by atoms with van der Waals surface area (Å²) in [6.45, 7) is 8.74. The maximum absolute atomic E-state index is 6.02. The monoisotopic (exact) mass is 523 g/mol. The highest BCUT2D eigenvalue weighted by Gasteiger charge is 2.20. The minimum absolute atomic E-state index is 0. The van der Waals surface area contributed by atoms with E-state index in [0.717, 1.165) is 68.4 Å². The van der Waals surface area contributed by atoms with Gasteiger partial charge in [0, 0.05) is 64.2 Å². The molecule has 2 aromatic rings. The molecule has 0 radical (unpaired) electrons. The fourth-order valence-corrected chi connectivity index (χ4v) is 4.26. The average Bonchev–Trinajstić information content (AvgIpc) is 3.28. The zero-order valence-corrected chi connectivity index (χ0v) is 19.7. The molecule has 3 heterocycles. The summed E-state index contributed by atoms with van der Waals surface area (Å²) in [5.41, 5.74) is 0. The molecule has 1 fully saturated rings. The number of aryl methyl sites for hydroxylation is 1. The highest BCUT2D eigenvalue weighted by atomic mass is 127. The summed E-state index contributed by atoms with van der Waals surface area (Å²) >= 11 is 7.69. The van der Waals surface area contributed by atoms with Gasteiger partial charge in [-0.3, -0.25) is 9.89 Å². The van der Waals surface area contributed by atoms with Crippen LogP contribution >= 0.6 is 46.9 Å². The van der Waals surface area contributed by atoms with Crippen LogP contribution in [0.4, 0.5) is 0 Å². The van der Waals surface area contributed by atoms with Crippen LogP contribution in [0.5, 0.6) is 0 Å². The molecule has 1 aliphatic rings. The second-order valence-electron chi connectivity index (χ2n) is 6.24. The van der Waals surface area contributed by atoms with Gasteiger partial charge in [0.25, 0.3) is 0 Å². The van der Waals surface area contributed by atoms with E-state index in [4.69, 9.17) is 11.6 Å². The zero-order valence-electron chi connectivity index (χ0n) is 15.8. The van der Waals surface area contributed by atoms with E-state index in [2.05, 4.69) is 47.9 Å². The van der Waals surface area contributed by atoms with Crippen LogP contribution in [0, 0.1) is 0 Å². The number of nitrogens with one attached hydrogen (secondary N) is 1. The lowest BCUT2D eigenvalue weighted by molar-refractivity contribution is 0.173. The maximum atomic E-state index is 6.02. The van der Waals surface area contributed by atoms with Gasteiger partial charge in [0.2, 0.25) is 0 Å². The normalized spacial score (nSPS) is 15.7. The SMILES string of the molecule is CCc1nncn1CCNC(=NC)N1CCN(Cc2ccc(Cl)s2)CC1.I. The number of aliphatic imine (C=N–C) groups is 1. The quantitative estimate of drug-likeness (QED) is 0.358. The number of thiophene rings is 1. The van der Waals surface area contributed by atoms with E-state index in [0.29, 0.717) is 0 Å². The zero-order chi connectivity index (χ0) is 18.4. The standard InChI is InChI=1S/C17H26ClN7S.HI/c1-3-16-22-21-13-25(16)7-6-20-17(19-2)24-10-8-23(9-11-24)12-14-4-5-15(18)26-14;/h4-5,13H,3,6-12H2,1-2H3,(H,19,20);1H.